The zero-order valence-corrected chi connectivity index (χ0v) is 13.9. The Morgan fingerprint density at radius 2 is 1.86 bits per heavy atom. The first-order chi connectivity index (χ1) is 10.7. The molecular weight excluding hydrogens is 345 g/mol. The van der Waals surface area contributed by atoms with Crippen LogP contribution in [0.4, 0.5) is 10.2 Å². The minimum atomic E-state index is -0.433. The van der Waals surface area contributed by atoms with Gasteiger partial charge in [-0.15, -0.1) is 0 Å². The van der Waals surface area contributed by atoms with Crippen molar-refractivity contribution in [3.8, 4) is 0 Å². The van der Waals surface area contributed by atoms with Crippen LogP contribution >= 0.6 is 15.9 Å². The van der Waals surface area contributed by atoms with Gasteiger partial charge in [0.05, 0.1) is 0 Å². The van der Waals surface area contributed by atoms with Crippen molar-refractivity contribution in [1.29, 1.82) is 0 Å². The van der Waals surface area contributed by atoms with Crippen LogP contribution in [0.25, 0.3) is 0 Å². The first-order valence-electron chi connectivity index (χ1n) is 7.55. The summed E-state index contributed by atoms with van der Waals surface area (Å²) in [6.45, 7) is 3.07. The van der Waals surface area contributed by atoms with Crippen LogP contribution in [0.15, 0.2) is 46.9 Å². The number of halogens is 2. The van der Waals surface area contributed by atoms with E-state index >= 15 is 0 Å². The zero-order valence-electron chi connectivity index (χ0n) is 12.3. The van der Waals surface area contributed by atoms with Gasteiger partial charge >= 0.3 is 0 Å². The van der Waals surface area contributed by atoms with E-state index in [2.05, 4.69) is 55.4 Å². The molecule has 0 spiro atoms. The van der Waals surface area contributed by atoms with E-state index in [0.717, 1.165) is 36.9 Å². The quantitative estimate of drug-likeness (QED) is 0.830. The number of hydrogen-bond acceptors (Lipinski definition) is 3. The Hall–Kier alpha value is -1.46. The van der Waals surface area contributed by atoms with E-state index < -0.39 is 5.95 Å². The summed E-state index contributed by atoms with van der Waals surface area (Å²) in [4.78, 5) is 6.33. The topological polar surface area (TPSA) is 28.2 Å². The fraction of sp³-hybridized carbons (Fsp3) is 0.353. The summed E-state index contributed by atoms with van der Waals surface area (Å²) in [5, 5.41) is 3.33. The Balaban J connectivity index is 1.49. The Morgan fingerprint density at radius 1 is 1.14 bits per heavy atom. The van der Waals surface area contributed by atoms with E-state index in [1.165, 1.54) is 11.6 Å². The van der Waals surface area contributed by atoms with Crippen molar-refractivity contribution in [2.45, 2.75) is 25.4 Å². The average Bonchev–Trinajstić information content (AvgIpc) is 2.52. The maximum Gasteiger partial charge on any atom is 0.214 e. The number of rotatable bonds is 4. The molecule has 22 heavy (non-hydrogen) atoms. The molecule has 0 saturated carbocycles. The van der Waals surface area contributed by atoms with Crippen LogP contribution in [0.1, 0.15) is 18.4 Å². The van der Waals surface area contributed by atoms with Gasteiger partial charge in [0.15, 0.2) is 0 Å². The molecule has 2 aromatic rings. The van der Waals surface area contributed by atoms with Gasteiger partial charge in [-0.2, -0.15) is 4.39 Å². The van der Waals surface area contributed by atoms with E-state index in [0.29, 0.717) is 11.9 Å². The molecule has 2 heterocycles. The van der Waals surface area contributed by atoms with Crippen LogP contribution in [0, 0.1) is 5.95 Å². The summed E-state index contributed by atoms with van der Waals surface area (Å²) in [6.07, 6.45) is 2.10. The SMILES string of the molecule is Fc1cccc(NC2CCN(Cc3ccc(Br)cc3)CC2)n1. The molecule has 3 nitrogen and oxygen atoms in total. The van der Waals surface area contributed by atoms with E-state index in [1.54, 1.807) is 6.07 Å². The number of nitrogens with zero attached hydrogens (tertiary/aromatic N) is 2. The molecular formula is C17H19BrFN3. The second-order valence-electron chi connectivity index (χ2n) is 5.67. The summed E-state index contributed by atoms with van der Waals surface area (Å²) < 4.78 is 14.2. The molecule has 1 aliphatic heterocycles. The Morgan fingerprint density at radius 3 is 2.55 bits per heavy atom. The summed E-state index contributed by atoms with van der Waals surface area (Å²) in [5.74, 6) is 0.198. The molecule has 1 aliphatic rings. The number of nitrogens with one attached hydrogen (secondary N) is 1. The summed E-state index contributed by atoms with van der Waals surface area (Å²) in [7, 11) is 0. The predicted octanol–water partition coefficient (Wildman–Crippen LogP) is 4.06. The molecule has 0 atom stereocenters. The number of hydrogen-bond donors (Lipinski definition) is 1. The van der Waals surface area contributed by atoms with Crippen molar-refractivity contribution in [3.05, 3.63) is 58.4 Å². The van der Waals surface area contributed by atoms with Gasteiger partial charge in [-0.3, -0.25) is 4.90 Å². The van der Waals surface area contributed by atoms with E-state index in [9.17, 15) is 4.39 Å². The van der Waals surface area contributed by atoms with Crippen LogP contribution in [-0.4, -0.2) is 29.0 Å². The molecule has 3 rings (SSSR count). The van der Waals surface area contributed by atoms with E-state index in [4.69, 9.17) is 0 Å². The van der Waals surface area contributed by atoms with E-state index in [-0.39, 0.29) is 0 Å². The highest BCUT2D eigenvalue weighted by Gasteiger charge is 2.19. The lowest BCUT2D eigenvalue weighted by Crippen LogP contribution is -2.38. The predicted molar refractivity (Wildman–Crippen MR) is 90.3 cm³/mol. The van der Waals surface area contributed by atoms with Crippen molar-refractivity contribution in [3.63, 3.8) is 0 Å². The third-order valence-electron chi connectivity index (χ3n) is 3.97. The van der Waals surface area contributed by atoms with Gasteiger partial charge in [-0.05, 0) is 42.7 Å². The first-order valence-corrected chi connectivity index (χ1v) is 8.34. The van der Waals surface area contributed by atoms with E-state index in [1.807, 2.05) is 6.07 Å². The fourth-order valence-corrected chi connectivity index (χ4v) is 3.05. The summed E-state index contributed by atoms with van der Waals surface area (Å²) in [5.41, 5.74) is 1.33. The lowest BCUT2D eigenvalue weighted by Gasteiger charge is -2.32. The van der Waals surface area contributed by atoms with Crippen LogP contribution < -0.4 is 5.32 Å². The van der Waals surface area contributed by atoms with Gasteiger partial charge in [-0.25, -0.2) is 4.98 Å². The van der Waals surface area contributed by atoms with Gasteiger partial charge in [0, 0.05) is 30.1 Å². The molecule has 1 saturated heterocycles. The van der Waals surface area contributed by atoms with Gasteiger partial charge in [0.2, 0.25) is 5.95 Å². The average molecular weight is 364 g/mol. The molecule has 0 radical (unpaired) electrons. The maximum atomic E-state index is 13.1. The largest absolute Gasteiger partial charge is 0.367 e. The number of pyridine rings is 1. The number of benzene rings is 1. The standard InChI is InChI=1S/C17H19BrFN3/c18-14-6-4-13(5-7-14)12-22-10-8-15(9-11-22)20-17-3-1-2-16(19)21-17/h1-7,15H,8-12H2,(H,20,21). The summed E-state index contributed by atoms with van der Waals surface area (Å²) >= 11 is 3.46. The number of anilines is 1. The molecule has 1 fully saturated rings. The van der Waals surface area contributed by atoms with Crippen LogP contribution in [0.5, 0.6) is 0 Å². The highest BCUT2D eigenvalue weighted by atomic mass is 79.9. The van der Waals surface area contributed by atoms with Crippen LogP contribution in [0.3, 0.4) is 0 Å². The van der Waals surface area contributed by atoms with Crippen LogP contribution in [0.2, 0.25) is 0 Å². The van der Waals surface area contributed by atoms with Gasteiger partial charge in [0.1, 0.15) is 5.82 Å². The minimum absolute atomic E-state index is 0.371. The zero-order chi connectivity index (χ0) is 15.4. The molecule has 1 aromatic heterocycles. The Kier molecular flexibility index (Phi) is 5.05. The van der Waals surface area contributed by atoms with Crippen molar-refractivity contribution < 1.29 is 4.39 Å². The number of aromatic nitrogens is 1. The Labute approximate surface area is 138 Å². The second-order valence-corrected chi connectivity index (χ2v) is 6.58. The van der Waals surface area contributed by atoms with Gasteiger partial charge in [-0.1, -0.05) is 34.1 Å². The molecule has 0 unspecified atom stereocenters. The number of piperidine rings is 1. The van der Waals surface area contributed by atoms with Crippen molar-refractivity contribution in [1.82, 2.24) is 9.88 Å². The normalized spacial score (nSPS) is 16.6. The third kappa shape index (κ3) is 4.27. The van der Waals surface area contributed by atoms with Gasteiger partial charge in [0.25, 0.3) is 0 Å². The molecule has 5 heteroatoms. The van der Waals surface area contributed by atoms with Crippen molar-refractivity contribution >= 4 is 21.7 Å². The van der Waals surface area contributed by atoms with Crippen LogP contribution in [-0.2, 0) is 6.54 Å². The monoisotopic (exact) mass is 363 g/mol. The first kappa shape index (κ1) is 15.4. The van der Waals surface area contributed by atoms with Gasteiger partial charge < -0.3 is 5.32 Å². The smallest absolute Gasteiger partial charge is 0.214 e. The lowest BCUT2D eigenvalue weighted by atomic mass is 10.0. The maximum absolute atomic E-state index is 13.1. The highest BCUT2D eigenvalue weighted by Crippen LogP contribution is 2.18. The van der Waals surface area contributed by atoms with Crippen molar-refractivity contribution in [2.24, 2.45) is 0 Å². The molecule has 1 N–H and O–H groups in total. The minimum Gasteiger partial charge on any atom is -0.367 e. The van der Waals surface area contributed by atoms with Crippen molar-refractivity contribution in [2.75, 3.05) is 18.4 Å². The summed E-state index contributed by atoms with van der Waals surface area (Å²) in [6, 6.07) is 13.7. The molecule has 116 valence electrons. The second kappa shape index (κ2) is 7.20. The molecule has 1 aromatic carbocycles. The Bertz CT molecular complexity index is 610. The number of likely N-dealkylation sites (tertiary alicyclic amines) is 1. The molecule has 0 amide bonds. The lowest BCUT2D eigenvalue weighted by molar-refractivity contribution is 0.211. The third-order valence-corrected chi connectivity index (χ3v) is 4.50. The highest BCUT2D eigenvalue weighted by molar-refractivity contribution is 9.10. The molecule has 0 aliphatic carbocycles. The molecule has 0 bridgehead atoms. The fourth-order valence-electron chi connectivity index (χ4n) is 2.78.